The molecular weight excluding hydrogens is 262 g/mol. The van der Waals surface area contributed by atoms with Crippen LogP contribution in [0.4, 0.5) is 0 Å². The van der Waals surface area contributed by atoms with E-state index in [0.29, 0.717) is 0 Å². The van der Waals surface area contributed by atoms with Crippen molar-refractivity contribution in [3.05, 3.63) is 0 Å². The van der Waals surface area contributed by atoms with Crippen LogP contribution in [0.15, 0.2) is 0 Å². The normalized spacial score (nSPS) is 22.7. The van der Waals surface area contributed by atoms with E-state index in [0.717, 1.165) is 38.5 Å². The van der Waals surface area contributed by atoms with E-state index in [1.54, 1.807) is 6.92 Å². The van der Waals surface area contributed by atoms with Gasteiger partial charge in [0, 0.05) is 26.6 Å². The molecule has 0 spiro atoms. The van der Waals surface area contributed by atoms with Gasteiger partial charge in [-0.15, -0.1) is 12.4 Å². The lowest BCUT2D eigenvalue weighted by Crippen LogP contribution is -2.35. The maximum atomic E-state index is 11.4. The summed E-state index contributed by atoms with van der Waals surface area (Å²) in [6.45, 7) is 9.38. The van der Waals surface area contributed by atoms with Crippen molar-refractivity contribution in [2.75, 3.05) is 45.8 Å². The van der Waals surface area contributed by atoms with Crippen molar-refractivity contribution in [2.24, 2.45) is 5.92 Å². The zero-order valence-corrected chi connectivity index (χ0v) is 12.9. The van der Waals surface area contributed by atoms with E-state index in [1.165, 1.54) is 38.9 Å². The molecule has 2 aliphatic rings. The summed E-state index contributed by atoms with van der Waals surface area (Å²) in [4.78, 5) is 15.9. The molecule has 4 nitrogen and oxygen atoms in total. The van der Waals surface area contributed by atoms with Crippen molar-refractivity contribution in [1.82, 2.24) is 15.1 Å². The van der Waals surface area contributed by atoms with Gasteiger partial charge in [0.25, 0.3) is 0 Å². The summed E-state index contributed by atoms with van der Waals surface area (Å²) in [6, 6.07) is 0. The SMILES string of the molecule is CC(=O)N1CCCN(CCC2CCNCC2)CC1.Cl. The average molecular weight is 290 g/mol. The van der Waals surface area contributed by atoms with E-state index in [2.05, 4.69) is 10.2 Å². The highest BCUT2D eigenvalue weighted by Crippen LogP contribution is 2.16. The molecule has 2 heterocycles. The second-order valence-electron chi connectivity index (χ2n) is 5.68. The van der Waals surface area contributed by atoms with Gasteiger partial charge in [0.05, 0.1) is 0 Å². The van der Waals surface area contributed by atoms with Gasteiger partial charge in [-0.1, -0.05) is 0 Å². The number of carbonyl (C=O) groups excluding carboxylic acids is 1. The fourth-order valence-electron chi connectivity index (χ4n) is 3.04. The van der Waals surface area contributed by atoms with Gasteiger partial charge in [0.1, 0.15) is 0 Å². The number of hydrogen-bond donors (Lipinski definition) is 1. The van der Waals surface area contributed by atoms with Crippen LogP contribution >= 0.6 is 12.4 Å². The Labute approximate surface area is 123 Å². The van der Waals surface area contributed by atoms with Gasteiger partial charge in [-0.3, -0.25) is 4.79 Å². The zero-order chi connectivity index (χ0) is 12.8. The number of nitrogens with zero attached hydrogens (tertiary/aromatic N) is 2. The number of nitrogens with one attached hydrogen (secondary N) is 1. The molecule has 2 rings (SSSR count). The second kappa shape index (κ2) is 8.77. The van der Waals surface area contributed by atoms with Crippen LogP contribution in [0.3, 0.4) is 0 Å². The van der Waals surface area contributed by atoms with Crippen LogP contribution in [0.1, 0.15) is 32.6 Å². The van der Waals surface area contributed by atoms with Crippen molar-refractivity contribution >= 4 is 18.3 Å². The molecular formula is C14H28ClN3O. The quantitative estimate of drug-likeness (QED) is 0.852. The molecule has 0 radical (unpaired) electrons. The monoisotopic (exact) mass is 289 g/mol. The number of piperidine rings is 1. The van der Waals surface area contributed by atoms with Crippen molar-refractivity contribution in [2.45, 2.75) is 32.6 Å². The Morgan fingerprint density at radius 3 is 2.58 bits per heavy atom. The molecule has 0 unspecified atom stereocenters. The molecule has 19 heavy (non-hydrogen) atoms. The molecule has 0 aromatic carbocycles. The lowest BCUT2D eigenvalue weighted by atomic mass is 9.94. The van der Waals surface area contributed by atoms with Crippen LogP contribution in [-0.2, 0) is 4.79 Å². The smallest absolute Gasteiger partial charge is 0.219 e. The van der Waals surface area contributed by atoms with E-state index in [4.69, 9.17) is 0 Å². The third-order valence-electron chi connectivity index (χ3n) is 4.35. The molecule has 1 N–H and O–H groups in total. The fourth-order valence-corrected chi connectivity index (χ4v) is 3.04. The minimum atomic E-state index is 0. The van der Waals surface area contributed by atoms with Crippen molar-refractivity contribution < 1.29 is 4.79 Å². The van der Waals surface area contributed by atoms with E-state index in [1.807, 2.05) is 4.90 Å². The van der Waals surface area contributed by atoms with Crippen LogP contribution < -0.4 is 5.32 Å². The molecule has 112 valence electrons. The van der Waals surface area contributed by atoms with E-state index < -0.39 is 0 Å². The predicted molar refractivity (Wildman–Crippen MR) is 80.8 cm³/mol. The molecule has 2 aliphatic heterocycles. The lowest BCUT2D eigenvalue weighted by Gasteiger charge is -2.26. The van der Waals surface area contributed by atoms with E-state index >= 15 is 0 Å². The summed E-state index contributed by atoms with van der Waals surface area (Å²) >= 11 is 0. The zero-order valence-electron chi connectivity index (χ0n) is 12.1. The lowest BCUT2D eigenvalue weighted by molar-refractivity contribution is -0.128. The number of hydrogen-bond acceptors (Lipinski definition) is 3. The minimum absolute atomic E-state index is 0. The molecule has 0 aromatic rings. The molecule has 5 heteroatoms. The Kier molecular flexibility index (Phi) is 7.73. The molecule has 0 bridgehead atoms. The van der Waals surface area contributed by atoms with Gasteiger partial charge >= 0.3 is 0 Å². The topological polar surface area (TPSA) is 35.6 Å². The number of amides is 1. The second-order valence-corrected chi connectivity index (χ2v) is 5.68. The van der Waals surface area contributed by atoms with Crippen LogP contribution in [0.25, 0.3) is 0 Å². The first-order valence-corrected chi connectivity index (χ1v) is 7.44. The molecule has 0 aliphatic carbocycles. The summed E-state index contributed by atoms with van der Waals surface area (Å²) in [5, 5.41) is 3.42. The van der Waals surface area contributed by atoms with Gasteiger partial charge < -0.3 is 15.1 Å². The maximum absolute atomic E-state index is 11.4. The van der Waals surface area contributed by atoms with Crippen LogP contribution in [0.5, 0.6) is 0 Å². The summed E-state index contributed by atoms with van der Waals surface area (Å²) < 4.78 is 0. The van der Waals surface area contributed by atoms with Gasteiger partial charge in [-0.25, -0.2) is 0 Å². The highest BCUT2D eigenvalue weighted by molar-refractivity contribution is 5.85. The summed E-state index contributed by atoms with van der Waals surface area (Å²) in [7, 11) is 0. The van der Waals surface area contributed by atoms with E-state index in [-0.39, 0.29) is 18.3 Å². The van der Waals surface area contributed by atoms with Crippen LogP contribution in [0, 0.1) is 5.92 Å². The van der Waals surface area contributed by atoms with Crippen LogP contribution in [0.2, 0.25) is 0 Å². The number of carbonyl (C=O) groups is 1. The molecule has 2 saturated heterocycles. The van der Waals surface area contributed by atoms with Crippen molar-refractivity contribution in [3.8, 4) is 0 Å². The van der Waals surface area contributed by atoms with Crippen molar-refractivity contribution in [1.29, 1.82) is 0 Å². The predicted octanol–water partition coefficient (Wildman–Crippen LogP) is 1.35. The highest BCUT2D eigenvalue weighted by atomic mass is 35.5. The Morgan fingerprint density at radius 2 is 1.89 bits per heavy atom. The summed E-state index contributed by atoms with van der Waals surface area (Å²) in [5.74, 6) is 1.15. The van der Waals surface area contributed by atoms with Gasteiger partial charge in [-0.2, -0.15) is 0 Å². The largest absolute Gasteiger partial charge is 0.342 e. The summed E-state index contributed by atoms with van der Waals surface area (Å²) in [5.41, 5.74) is 0. The first-order valence-electron chi connectivity index (χ1n) is 7.44. The highest BCUT2D eigenvalue weighted by Gasteiger charge is 2.18. The Morgan fingerprint density at radius 1 is 1.16 bits per heavy atom. The molecule has 0 aromatic heterocycles. The molecule has 2 fully saturated rings. The third-order valence-corrected chi connectivity index (χ3v) is 4.35. The minimum Gasteiger partial charge on any atom is -0.342 e. The first-order chi connectivity index (χ1) is 8.75. The first kappa shape index (κ1) is 16.7. The Hall–Kier alpha value is -0.320. The standard InChI is InChI=1S/C14H27N3O.ClH/c1-13(18)17-9-2-8-16(11-12-17)10-5-14-3-6-15-7-4-14;/h14-15H,2-12H2,1H3;1H. The Bertz CT molecular complexity index is 269. The maximum Gasteiger partial charge on any atom is 0.219 e. The van der Waals surface area contributed by atoms with Gasteiger partial charge in [-0.05, 0) is 57.8 Å². The van der Waals surface area contributed by atoms with E-state index in [9.17, 15) is 4.79 Å². The van der Waals surface area contributed by atoms with Gasteiger partial charge in [0.2, 0.25) is 5.91 Å². The number of halogens is 1. The van der Waals surface area contributed by atoms with Crippen molar-refractivity contribution in [3.63, 3.8) is 0 Å². The number of rotatable bonds is 3. The Balaban J connectivity index is 0.00000180. The molecule has 0 saturated carbocycles. The van der Waals surface area contributed by atoms with Gasteiger partial charge in [0.15, 0.2) is 0 Å². The fraction of sp³-hybridized carbons (Fsp3) is 0.929. The molecule has 1 amide bonds. The average Bonchev–Trinajstić information content (AvgIpc) is 2.63. The van der Waals surface area contributed by atoms with Crippen LogP contribution in [-0.4, -0.2) is 61.5 Å². The molecule has 0 atom stereocenters. The third kappa shape index (κ3) is 5.67. The summed E-state index contributed by atoms with van der Waals surface area (Å²) in [6.07, 6.45) is 5.15.